The van der Waals surface area contributed by atoms with Gasteiger partial charge in [-0.3, -0.25) is 4.98 Å². The fraction of sp³-hybridized carbons (Fsp3) is 0.438. The Kier molecular flexibility index (Phi) is 3.38. The van der Waals surface area contributed by atoms with E-state index in [0.29, 0.717) is 6.04 Å². The summed E-state index contributed by atoms with van der Waals surface area (Å²) in [5.41, 5.74) is 3.33. The third-order valence-electron chi connectivity index (χ3n) is 3.84. The van der Waals surface area contributed by atoms with Crippen molar-refractivity contribution < 1.29 is 0 Å². The van der Waals surface area contributed by atoms with E-state index >= 15 is 0 Å². The second-order valence-corrected chi connectivity index (χ2v) is 5.58. The summed E-state index contributed by atoms with van der Waals surface area (Å²) < 4.78 is 0. The molecule has 3 heteroatoms. The van der Waals surface area contributed by atoms with Gasteiger partial charge < -0.3 is 10.2 Å². The van der Waals surface area contributed by atoms with Crippen LogP contribution in [0, 0.1) is 6.92 Å². The lowest BCUT2D eigenvalue weighted by molar-refractivity contribution is 0.261. The molecule has 0 aliphatic carbocycles. The van der Waals surface area contributed by atoms with Gasteiger partial charge in [0.25, 0.3) is 0 Å². The number of aromatic nitrogens is 1. The zero-order chi connectivity index (χ0) is 13.2. The topological polar surface area (TPSA) is 28.2 Å². The van der Waals surface area contributed by atoms with Crippen molar-refractivity contribution in [3.8, 4) is 0 Å². The van der Waals surface area contributed by atoms with Crippen molar-refractivity contribution in [2.75, 3.05) is 25.5 Å². The van der Waals surface area contributed by atoms with Crippen molar-refractivity contribution in [1.29, 1.82) is 0 Å². The monoisotopic (exact) mass is 255 g/mol. The molecule has 0 spiro atoms. The molecule has 1 aliphatic heterocycles. The SMILES string of the molecule is Cc1ccc2cccc(NC3CCCN(C)C3)c2n1. The van der Waals surface area contributed by atoms with Gasteiger partial charge in [0, 0.05) is 23.7 Å². The van der Waals surface area contributed by atoms with E-state index in [9.17, 15) is 0 Å². The van der Waals surface area contributed by atoms with Gasteiger partial charge in [0.2, 0.25) is 0 Å². The van der Waals surface area contributed by atoms with E-state index < -0.39 is 0 Å². The molecule has 0 saturated carbocycles. The summed E-state index contributed by atoms with van der Waals surface area (Å²) >= 11 is 0. The average molecular weight is 255 g/mol. The summed E-state index contributed by atoms with van der Waals surface area (Å²) in [5, 5.41) is 4.89. The Labute approximate surface area is 114 Å². The van der Waals surface area contributed by atoms with Crippen molar-refractivity contribution in [3.63, 3.8) is 0 Å². The highest BCUT2D eigenvalue weighted by atomic mass is 15.1. The first kappa shape index (κ1) is 12.4. The molecule has 3 rings (SSSR count). The maximum absolute atomic E-state index is 4.68. The van der Waals surface area contributed by atoms with Crippen molar-refractivity contribution >= 4 is 16.6 Å². The van der Waals surface area contributed by atoms with E-state index in [1.807, 2.05) is 6.92 Å². The maximum atomic E-state index is 4.68. The zero-order valence-corrected chi connectivity index (χ0v) is 11.7. The predicted octanol–water partition coefficient (Wildman–Crippen LogP) is 3.05. The highest BCUT2D eigenvalue weighted by Gasteiger charge is 2.17. The van der Waals surface area contributed by atoms with Crippen molar-refractivity contribution in [2.24, 2.45) is 0 Å². The number of likely N-dealkylation sites (tertiary alicyclic amines) is 1. The van der Waals surface area contributed by atoms with Gasteiger partial charge in [-0.1, -0.05) is 18.2 Å². The molecule has 0 bridgehead atoms. The fourth-order valence-electron chi connectivity index (χ4n) is 2.87. The first-order valence-corrected chi connectivity index (χ1v) is 7.04. The van der Waals surface area contributed by atoms with Crippen LogP contribution in [0.1, 0.15) is 18.5 Å². The minimum absolute atomic E-state index is 0.534. The van der Waals surface area contributed by atoms with Gasteiger partial charge in [0.1, 0.15) is 0 Å². The lowest BCUT2D eigenvalue weighted by atomic mass is 10.1. The van der Waals surface area contributed by atoms with Crippen LogP contribution in [0.5, 0.6) is 0 Å². The Morgan fingerprint density at radius 2 is 2.16 bits per heavy atom. The summed E-state index contributed by atoms with van der Waals surface area (Å²) in [5.74, 6) is 0. The molecule has 3 nitrogen and oxygen atoms in total. The molecule has 1 N–H and O–H groups in total. The molecular formula is C16H21N3. The number of fused-ring (bicyclic) bond motifs is 1. The summed E-state index contributed by atoms with van der Waals surface area (Å²) in [4.78, 5) is 7.08. The Bertz CT molecular complexity index is 579. The van der Waals surface area contributed by atoms with Gasteiger partial charge in [-0.25, -0.2) is 0 Å². The first-order chi connectivity index (χ1) is 9.22. The van der Waals surface area contributed by atoms with E-state index in [0.717, 1.165) is 17.8 Å². The Morgan fingerprint density at radius 3 is 3.00 bits per heavy atom. The van der Waals surface area contributed by atoms with Gasteiger partial charge in [0.15, 0.2) is 0 Å². The first-order valence-electron chi connectivity index (χ1n) is 7.04. The Hall–Kier alpha value is -1.61. The van der Waals surface area contributed by atoms with Crippen LogP contribution in [-0.2, 0) is 0 Å². The summed E-state index contributed by atoms with van der Waals surface area (Å²) in [6, 6.07) is 11.1. The number of anilines is 1. The Morgan fingerprint density at radius 1 is 1.26 bits per heavy atom. The smallest absolute Gasteiger partial charge is 0.0936 e. The van der Waals surface area contributed by atoms with E-state index in [4.69, 9.17) is 0 Å². The van der Waals surface area contributed by atoms with Crippen LogP contribution in [0.25, 0.3) is 10.9 Å². The zero-order valence-electron chi connectivity index (χ0n) is 11.7. The number of benzene rings is 1. The van der Waals surface area contributed by atoms with E-state index in [-0.39, 0.29) is 0 Å². The standard InChI is InChI=1S/C16H21N3/c1-12-8-9-13-5-3-7-15(16(13)17-12)18-14-6-4-10-19(2)11-14/h3,5,7-9,14,18H,4,6,10-11H2,1-2H3. The van der Waals surface area contributed by atoms with Gasteiger partial charge in [-0.05, 0) is 45.5 Å². The molecular weight excluding hydrogens is 234 g/mol. The molecule has 1 unspecified atom stereocenters. The summed E-state index contributed by atoms with van der Waals surface area (Å²) in [7, 11) is 2.19. The molecule has 1 aromatic carbocycles. The van der Waals surface area contributed by atoms with Crippen LogP contribution in [0.15, 0.2) is 30.3 Å². The molecule has 0 radical (unpaired) electrons. The third-order valence-corrected chi connectivity index (χ3v) is 3.84. The average Bonchev–Trinajstić information content (AvgIpc) is 2.39. The van der Waals surface area contributed by atoms with Gasteiger partial charge >= 0.3 is 0 Å². The van der Waals surface area contributed by atoms with Crippen molar-refractivity contribution in [3.05, 3.63) is 36.0 Å². The molecule has 1 fully saturated rings. The van der Waals surface area contributed by atoms with Gasteiger partial charge in [-0.15, -0.1) is 0 Å². The molecule has 1 aliphatic rings. The lowest BCUT2D eigenvalue weighted by Crippen LogP contribution is -2.39. The second kappa shape index (κ2) is 5.17. The quantitative estimate of drug-likeness (QED) is 0.894. The Balaban J connectivity index is 1.89. The number of aryl methyl sites for hydroxylation is 1. The van der Waals surface area contributed by atoms with Crippen LogP contribution in [0.3, 0.4) is 0 Å². The predicted molar refractivity (Wildman–Crippen MR) is 80.6 cm³/mol. The second-order valence-electron chi connectivity index (χ2n) is 5.58. The van der Waals surface area contributed by atoms with E-state index in [1.165, 1.54) is 30.5 Å². The largest absolute Gasteiger partial charge is 0.379 e. The van der Waals surface area contributed by atoms with Crippen LogP contribution >= 0.6 is 0 Å². The molecule has 100 valence electrons. The number of pyridine rings is 1. The fourth-order valence-corrected chi connectivity index (χ4v) is 2.87. The molecule has 2 heterocycles. The minimum atomic E-state index is 0.534. The number of hydrogen-bond acceptors (Lipinski definition) is 3. The van der Waals surface area contributed by atoms with Crippen LogP contribution in [-0.4, -0.2) is 36.1 Å². The van der Waals surface area contributed by atoms with Crippen LogP contribution in [0.4, 0.5) is 5.69 Å². The van der Waals surface area contributed by atoms with Crippen molar-refractivity contribution in [2.45, 2.75) is 25.8 Å². The number of likely N-dealkylation sites (N-methyl/N-ethyl adjacent to an activating group) is 1. The molecule has 0 amide bonds. The molecule has 19 heavy (non-hydrogen) atoms. The number of rotatable bonds is 2. The van der Waals surface area contributed by atoms with Crippen LogP contribution < -0.4 is 5.32 Å². The summed E-state index contributed by atoms with van der Waals surface area (Å²) in [6.07, 6.45) is 2.51. The van der Waals surface area contributed by atoms with E-state index in [1.54, 1.807) is 0 Å². The molecule has 1 atom stereocenters. The normalized spacial score (nSPS) is 20.6. The van der Waals surface area contributed by atoms with Gasteiger partial charge in [0.05, 0.1) is 11.2 Å². The van der Waals surface area contributed by atoms with Crippen LogP contribution in [0.2, 0.25) is 0 Å². The molecule has 1 aromatic heterocycles. The third kappa shape index (κ3) is 2.71. The van der Waals surface area contributed by atoms with Gasteiger partial charge in [-0.2, -0.15) is 0 Å². The maximum Gasteiger partial charge on any atom is 0.0936 e. The number of para-hydroxylation sites is 1. The van der Waals surface area contributed by atoms with E-state index in [2.05, 4.69) is 52.6 Å². The summed E-state index contributed by atoms with van der Waals surface area (Å²) in [6.45, 7) is 4.37. The highest BCUT2D eigenvalue weighted by molar-refractivity contribution is 5.90. The van der Waals surface area contributed by atoms with Crippen molar-refractivity contribution in [1.82, 2.24) is 9.88 Å². The number of piperidine rings is 1. The number of hydrogen-bond donors (Lipinski definition) is 1. The highest BCUT2D eigenvalue weighted by Crippen LogP contribution is 2.24. The molecule has 2 aromatic rings. The number of nitrogens with zero attached hydrogens (tertiary/aromatic N) is 2. The lowest BCUT2D eigenvalue weighted by Gasteiger charge is -2.31. The minimum Gasteiger partial charge on any atom is -0.379 e. The molecule has 1 saturated heterocycles. The number of nitrogens with one attached hydrogen (secondary N) is 1.